The van der Waals surface area contributed by atoms with Crippen LogP contribution in [-0.4, -0.2) is 46.5 Å². The van der Waals surface area contributed by atoms with E-state index >= 15 is 0 Å². The van der Waals surface area contributed by atoms with Gasteiger partial charge >= 0.3 is 0 Å². The molecule has 112 valence electrons. The van der Waals surface area contributed by atoms with Crippen molar-refractivity contribution in [1.82, 2.24) is 5.32 Å². The molecule has 0 bridgehead atoms. The summed E-state index contributed by atoms with van der Waals surface area (Å²) >= 11 is 0. The predicted molar refractivity (Wildman–Crippen MR) is 79.9 cm³/mol. The molecule has 20 heavy (non-hydrogen) atoms. The van der Waals surface area contributed by atoms with Gasteiger partial charge in [0.25, 0.3) is 0 Å². The van der Waals surface area contributed by atoms with Gasteiger partial charge in [0.05, 0.1) is 23.4 Å². The summed E-state index contributed by atoms with van der Waals surface area (Å²) in [6.45, 7) is 5.07. The van der Waals surface area contributed by atoms with Crippen LogP contribution in [0.15, 0.2) is 29.2 Å². The van der Waals surface area contributed by atoms with Gasteiger partial charge in [-0.3, -0.25) is 0 Å². The molecule has 1 aliphatic heterocycles. The lowest BCUT2D eigenvalue weighted by molar-refractivity contribution is 0.0372. The largest absolute Gasteiger partial charge is 0.382 e. The Kier molecular flexibility index (Phi) is 5.39. The normalized spacial score (nSPS) is 19.8. The lowest BCUT2D eigenvalue weighted by Crippen LogP contribution is -2.42. The van der Waals surface area contributed by atoms with Gasteiger partial charge in [-0.2, -0.15) is 0 Å². The third-order valence-electron chi connectivity index (χ3n) is 3.22. The molecule has 0 saturated carbocycles. The average molecular weight is 298 g/mol. The zero-order valence-corrected chi connectivity index (χ0v) is 12.6. The Hall–Kier alpha value is -1.11. The molecule has 0 aliphatic carbocycles. The molecule has 1 aliphatic rings. The molecule has 0 radical (unpaired) electrons. The molecule has 0 aromatic heterocycles. The summed E-state index contributed by atoms with van der Waals surface area (Å²) in [4.78, 5) is 0.389. The van der Waals surface area contributed by atoms with Crippen molar-refractivity contribution < 1.29 is 13.2 Å². The number of ether oxygens (including phenoxy) is 1. The van der Waals surface area contributed by atoms with Gasteiger partial charge in [0.15, 0.2) is 9.84 Å². The minimum Gasteiger partial charge on any atom is -0.382 e. The van der Waals surface area contributed by atoms with E-state index in [4.69, 9.17) is 4.74 Å². The molecule has 5 nitrogen and oxygen atoms in total. The number of sulfone groups is 1. The highest BCUT2D eigenvalue weighted by atomic mass is 32.2. The summed E-state index contributed by atoms with van der Waals surface area (Å²) in [6.07, 6.45) is 0.793. The maximum absolute atomic E-state index is 11.9. The Labute approximate surface area is 120 Å². The van der Waals surface area contributed by atoms with Gasteiger partial charge in [0.1, 0.15) is 0 Å². The summed E-state index contributed by atoms with van der Waals surface area (Å²) < 4.78 is 29.4. The van der Waals surface area contributed by atoms with Gasteiger partial charge in [-0.1, -0.05) is 6.92 Å². The van der Waals surface area contributed by atoms with E-state index in [1.807, 2.05) is 6.92 Å². The van der Waals surface area contributed by atoms with Crippen LogP contribution in [0.3, 0.4) is 0 Å². The van der Waals surface area contributed by atoms with Gasteiger partial charge in [-0.25, -0.2) is 8.42 Å². The maximum atomic E-state index is 11.9. The second-order valence-electron chi connectivity index (χ2n) is 4.92. The monoisotopic (exact) mass is 298 g/mol. The molecule has 2 rings (SSSR count). The summed E-state index contributed by atoms with van der Waals surface area (Å²) in [7, 11) is -3.12. The van der Waals surface area contributed by atoms with Crippen molar-refractivity contribution in [3.05, 3.63) is 24.3 Å². The number of nitrogens with one attached hydrogen (secondary N) is 2. The highest BCUT2D eigenvalue weighted by molar-refractivity contribution is 7.91. The van der Waals surface area contributed by atoms with E-state index in [-0.39, 0.29) is 11.9 Å². The molecular weight excluding hydrogens is 276 g/mol. The zero-order chi connectivity index (χ0) is 14.4. The Bertz CT molecular complexity index is 508. The highest BCUT2D eigenvalue weighted by Gasteiger charge is 2.14. The van der Waals surface area contributed by atoms with Crippen LogP contribution in [0.4, 0.5) is 5.69 Å². The number of hydrogen-bond donors (Lipinski definition) is 2. The van der Waals surface area contributed by atoms with Crippen molar-refractivity contribution in [2.75, 3.05) is 37.3 Å². The van der Waals surface area contributed by atoms with Crippen LogP contribution >= 0.6 is 0 Å². The number of anilines is 1. The van der Waals surface area contributed by atoms with E-state index in [2.05, 4.69) is 10.6 Å². The highest BCUT2D eigenvalue weighted by Crippen LogP contribution is 2.16. The third-order valence-corrected chi connectivity index (χ3v) is 5.16. The molecule has 2 N–H and O–H groups in total. The molecule has 6 heteroatoms. The second kappa shape index (κ2) is 7.06. The Morgan fingerprint density at radius 2 is 2.10 bits per heavy atom. The molecule has 1 saturated heterocycles. The number of rotatable bonds is 6. The van der Waals surface area contributed by atoms with Crippen molar-refractivity contribution >= 4 is 15.5 Å². The van der Waals surface area contributed by atoms with E-state index in [0.717, 1.165) is 25.4 Å². The lowest BCUT2D eigenvalue weighted by atomic mass is 10.2. The van der Waals surface area contributed by atoms with Gasteiger partial charge in [-0.05, 0) is 30.7 Å². The maximum Gasteiger partial charge on any atom is 0.178 e. The molecule has 1 fully saturated rings. The van der Waals surface area contributed by atoms with E-state index in [1.54, 1.807) is 24.3 Å². The Morgan fingerprint density at radius 1 is 1.35 bits per heavy atom. The molecule has 1 aromatic rings. The van der Waals surface area contributed by atoms with Gasteiger partial charge < -0.3 is 15.4 Å². The first-order valence-electron chi connectivity index (χ1n) is 7.01. The van der Waals surface area contributed by atoms with Crippen molar-refractivity contribution in [2.24, 2.45) is 0 Å². The molecule has 1 unspecified atom stereocenters. The zero-order valence-electron chi connectivity index (χ0n) is 11.8. The minimum absolute atomic E-state index is 0.159. The Morgan fingerprint density at radius 3 is 2.70 bits per heavy atom. The van der Waals surface area contributed by atoms with Crippen molar-refractivity contribution in [3.8, 4) is 0 Å². The first-order chi connectivity index (χ1) is 9.62. The first-order valence-corrected chi connectivity index (χ1v) is 8.66. The molecule has 1 heterocycles. The van der Waals surface area contributed by atoms with Crippen LogP contribution in [-0.2, 0) is 14.6 Å². The quantitative estimate of drug-likeness (QED) is 0.828. The van der Waals surface area contributed by atoms with Crippen LogP contribution in [0.2, 0.25) is 0 Å². The minimum atomic E-state index is -3.12. The summed E-state index contributed by atoms with van der Waals surface area (Å²) in [5.41, 5.74) is 0.912. The van der Waals surface area contributed by atoms with Crippen molar-refractivity contribution in [2.45, 2.75) is 24.3 Å². The number of morpholine rings is 1. The smallest absolute Gasteiger partial charge is 0.178 e. The average Bonchev–Trinajstić information content (AvgIpc) is 2.47. The van der Waals surface area contributed by atoms with E-state index in [0.29, 0.717) is 17.9 Å². The fourth-order valence-electron chi connectivity index (χ4n) is 2.15. The molecule has 1 aromatic carbocycles. The fraction of sp³-hybridized carbons (Fsp3) is 0.571. The molecular formula is C14H22N2O3S. The van der Waals surface area contributed by atoms with Crippen LogP contribution < -0.4 is 10.6 Å². The second-order valence-corrected chi connectivity index (χ2v) is 7.03. The van der Waals surface area contributed by atoms with Gasteiger partial charge in [-0.15, -0.1) is 0 Å². The molecule has 1 atom stereocenters. The standard InChI is InChI=1S/C14H22N2O3S/c1-2-9-20(17,18)14-5-3-12(4-6-14)16-11-13-10-15-7-8-19-13/h3-6,13,15-16H,2,7-11H2,1H3. The van der Waals surface area contributed by atoms with E-state index in [1.165, 1.54) is 0 Å². The SMILES string of the molecule is CCCS(=O)(=O)c1ccc(NCC2CNCCO2)cc1. The van der Waals surface area contributed by atoms with Crippen LogP contribution in [0, 0.1) is 0 Å². The van der Waals surface area contributed by atoms with Crippen LogP contribution in [0.1, 0.15) is 13.3 Å². The van der Waals surface area contributed by atoms with E-state index < -0.39 is 9.84 Å². The Balaban J connectivity index is 1.91. The molecule has 0 spiro atoms. The van der Waals surface area contributed by atoms with Gasteiger partial charge in [0, 0.05) is 25.3 Å². The third kappa shape index (κ3) is 4.19. The number of benzene rings is 1. The van der Waals surface area contributed by atoms with Crippen molar-refractivity contribution in [3.63, 3.8) is 0 Å². The topological polar surface area (TPSA) is 67.4 Å². The number of hydrogen-bond acceptors (Lipinski definition) is 5. The fourth-order valence-corrected chi connectivity index (χ4v) is 3.47. The van der Waals surface area contributed by atoms with Crippen LogP contribution in [0.25, 0.3) is 0 Å². The van der Waals surface area contributed by atoms with Crippen molar-refractivity contribution in [1.29, 1.82) is 0 Å². The molecule has 0 amide bonds. The summed E-state index contributed by atoms with van der Waals surface area (Å²) in [6, 6.07) is 6.93. The lowest BCUT2D eigenvalue weighted by Gasteiger charge is -2.24. The summed E-state index contributed by atoms with van der Waals surface area (Å²) in [5.74, 6) is 0.196. The van der Waals surface area contributed by atoms with E-state index in [9.17, 15) is 8.42 Å². The predicted octanol–water partition coefficient (Wildman–Crippen LogP) is 1.27. The van der Waals surface area contributed by atoms with Crippen LogP contribution in [0.5, 0.6) is 0 Å². The van der Waals surface area contributed by atoms with Gasteiger partial charge in [0.2, 0.25) is 0 Å². The summed E-state index contributed by atoms with van der Waals surface area (Å²) in [5, 5.41) is 6.54. The first kappa shape index (κ1) is 15.3.